The van der Waals surface area contributed by atoms with Crippen molar-refractivity contribution in [1.29, 1.82) is 0 Å². The number of carbonyl (C=O) groups excluding carboxylic acids is 1. The van der Waals surface area contributed by atoms with Crippen molar-refractivity contribution in [1.82, 2.24) is 14.3 Å². The van der Waals surface area contributed by atoms with E-state index >= 15 is 0 Å². The Morgan fingerprint density at radius 1 is 1.55 bits per heavy atom. The SMILES string of the molecule is [Li][C](=O)c1cc(CN2CCC[C@H](C)C2)cn2ccnc12. The van der Waals surface area contributed by atoms with Crippen LogP contribution in [0.15, 0.2) is 24.7 Å². The van der Waals surface area contributed by atoms with Crippen molar-refractivity contribution < 1.29 is 4.79 Å². The molecule has 1 saturated heterocycles. The van der Waals surface area contributed by atoms with E-state index < -0.39 is 0 Å². The second kappa shape index (κ2) is 5.73. The fraction of sp³-hybridized carbons (Fsp3) is 0.467. The predicted octanol–water partition coefficient (Wildman–Crippen LogP) is 1.87. The van der Waals surface area contributed by atoms with Gasteiger partial charge in [0, 0.05) is 0 Å². The predicted molar refractivity (Wildman–Crippen MR) is 79.0 cm³/mol. The Morgan fingerprint density at radius 3 is 3.15 bits per heavy atom. The number of hydrogen-bond acceptors (Lipinski definition) is 3. The van der Waals surface area contributed by atoms with E-state index in [1.54, 1.807) is 23.9 Å². The molecule has 1 fully saturated rings. The van der Waals surface area contributed by atoms with Gasteiger partial charge in [-0.25, -0.2) is 0 Å². The number of pyridine rings is 1. The number of likely N-dealkylation sites (tertiary alicyclic amines) is 1. The normalized spacial score (nSPS) is 20.4. The van der Waals surface area contributed by atoms with Crippen LogP contribution in [-0.4, -0.2) is 49.5 Å². The Labute approximate surface area is 128 Å². The first-order chi connectivity index (χ1) is 9.63. The van der Waals surface area contributed by atoms with Gasteiger partial charge in [0.25, 0.3) is 0 Å². The zero-order valence-electron chi connectivity index (χ0n) is 12.2. The van der Waals surface area contributed by atoms with Crippen LogP contribution in [0.4, 0.5) is 0 Å². The molecule has 0 saturated carbocycles. The third kappa shape index (κ3) is 2.83. The number of fused-ring (bicyclic) bond motifs is 1. The van der Waals surface area contributed by atoms with Gasteiger partial charge in [-0.2, -0.15) is 0 Å². The van der Waals surface area contributed by atoms with E-state index in [0.717, 1.165) is 36.8 Å². The maximum absolute atomic E-state index is 11.8. The molecule has 3 heterocycles. The van der Waals surface area contributed by atoms with Gasteiger partial charge in [-0.1, -0.05) is 0 Å². The van der Waals surface area contributed by atoms with Gasteiger partial charge in [-0.05, 0) is 0 Å². The summed E-state index contributed by atoms with van der Waals surface area (Å²) in [6.45, 7) is 5.53. The number of aromatic nitrogens is 2. The van der Waals surface area contributed by atoms with Crippen molar-refractivity contribution >= 4 is 27.8 Å². The van der Waals surface area contributed by atoms with E-state index in [4.69, 9.17) is 0 Å². The first kappa shape index (κ1) is 13.9. The van der Waals surface area contributed by atoms with Gasteiger partial charge in [0.15, 0.2) is 0 Å². The average Bonchev–Trinajstić information content (AvgIpc) is 2.85. The Hall–Kier alpha value is -1.08. The standard InChI is InChI=1S/C15H18N3O.Li/c1-12-3-2-5-17(8-12)9-13-7-14(11-19)15-16-4-6-18(15)10-13;/h4,6-7,10,12H,2-3,5,8-9H2,1H3;/t12-;/m0./s1. The van der Waals surface area contributed by atoms with Gasteiger partial charge in [-0.15, -0.1) is 0 Å². The molecule has 0 radical (unpaired) electrons. The van der Waals surface area contributed by atoms with Gasteiger partial charge in [0.1, 0.15) is 0 Å². The van der Waals surface area contributed by atoms with Crippen molar-refractivity contribution in [2.45, 2.75) is 26.3 Å². The summed E-state index contributed by atoms with van der Waals surface area (Å²) in [7, 11) is 0. The summed E-state index contributed by atoms with van der Waals surface area (Å²) < 4.78 is 2.04. The molecule has 100 valence electrons. The molecule has 1 atom stereocenters. The first-order valence-corrected chi connectivity index (χ1v) is 7.32. The molecule has 20 heavy (non-hydrogen) atoms. The van der Waals surface area contributed by atoms with Crippen LogP contribution in [0.5, 0.6) is 0 Å². The zero-order valence-corrected chi connectivity index (χ0v) is 12.2. The average molecular weight is 263 g/mol. The number of nitrogens with zero attached hydrogens (tertiary/aromatic N) is 3. The maximum atomic E-state index is 11.8. The summed E-state index contributed by atoms with van der Waals surface area (Å²) in [4.78, 5) is 18.5. The fourth-order valence-corrected chi connectivity index (χ4v) is 3.13. The molecule has 2 aromatic heterocycles. The van der Waals surface area contributed by atoms with Crippen molar-refractivity contribution in [3.63, 3.8) is 0 Å². The molecular formula is C15H18LiN3O. The van der Waals surface area contributed by atoms with Crippen LogP contribution < -0.4 is 0 Å². The summed E-state index contributed by atoms with van der Waals surface area (Å²) in [5.74, 6) is 0.771. The number of imidazole rings is 1. The van der Waals surface area contributed by atoms with E-state index in [1.807, 2.05) is 16.7 Å². The van der Waals surface area contributed by atoms with Crippen LogP contribution in [0.1, 0.15) is 35.7 Å². The summed E-state index contributed by atoms with van der Waals surface area (Å²) in [6, 6.07) is 2.00. The molecule has 0 amide bonds. The van der Waals surface area contributed by atoms with E-state index in [1.165, 1.54) is 18.4 Å². The Morgan fingerprint density at radius 2 is 2.40 bits per heavy atom. The van der Waals surface area contributed by atoms with E-state index in [2.05, 4.69) is 23.0 Å². The first-order valence-electron chi connectivity index (χ1n) is 7.32. The summed E-state index contributed by atoms with van der Waals surface area (Å²) in [5, 5.41) is 0. The third-order valence-corrected chi connectivity index (χ3v) is 4.07. The van der Waals surface area contributed by atoms with Crippen LogP contribution in [0, 0.1) is 5.92 Å². The van der Waals surface area contributed by atoms with Crippen LogP contribution in [0.25, 0.3) is 5.65 Å². The Bertz CT molecular complexity index is 637. The van der Waals surface area contributed by atoms with E-state index in [0.29, 0.717) is 0 Å². The molecule has 0 bridgehead atoms. The molecule has 4 nitrogen and oxygen atoms in total. The van der Waals surface area contributed by atoms with Crippen LogP contribution in [0.2, 0.25) is 0 Å². The second-order valence-corrected chi connectivity index (χ2v) is 5.96. The molecule has 2 aromatic rings. The van der Waals surface area contributed by atoms with Crippen molar-refractivity contribution in [3.05, 3.63) is 35.8 Å². The molecule has 0 unspecified atom stereocenters. The van der Waals surface area contributed by atoms with Crippen molar-refractivity contribution in [3.8, 4) is 0 Å². The monoisotopic (exact) mass is 263 g/mol. The van der Waals surface area contributed by atoms with Gasteiger partial charge in [0.2, 0.25) is 0 Å². The van der Waals surface area contributed by atoms with Crippen LogP contribution in [0.3, 0.4) is 0 Å². The number of hydrogen-bond donors (Lipinski definition) is 0. The van der Waals surface area contributed by atoms with Crippen molar-refractivity contribution in [2.75, 3.05) is 13.1 Å². The molecule has 0 spiro atoms. The third-order valence-electron chi connectivity index (χ3n) is 4.07. The van der Waals surface area contributed by atoms with Gasteiger partial charge in [0.05, 0.1) is 0 Å². The van der Waals surface area contributed by atoms with E-state index in [-0.39, 0.29) is 4.46 Å². The molecule has 5 heteroatoms. The minimum atomic E-state index is 0.0788. The molecule has 1 aliphatic heterocycles. The van der Waals surface area contributed by atoms with Gasteiger partial charge in [-0.3, -0.25) is 0 Å². The van der Waals surface area contributed by atoms with E-state index in [9.17, 15) is 4.79 Å². The summed E-state index contributed by atoms with van der Waals surface area (Å²) in [6.07, 6.45) is 8.34. The number of carbonyl (C=O) groups is 1. The number of rotatable bonds is 3. The minimum absolute atomic E-state index is 0.0788. The summed E-state index contributed by atoms with van der Waals surface area (Å²) in [5.41, 5.74) is 2.67. The Balaban J connectivity index is 1.89. The van der Waals surface area contributed by atoms with Crippen LogP contribution in [-0.2, 0) is 6.54 Å². The Kier molecular flexibility index (Phi) is 3.98. The number of piperidine rings is 1. The second-order valence-electron chi connectivity index (χ2n) is 5.96. The topological polar surface area (TPSA) is 37.6 Å². The zero-order chi connectivity index (χ0) is 14.1. The van der Waals surface area contributed by atoms with Crippen LogP contribution >= 0.6 is 0 Å². The van der Waals surface area contributed by atoms with Gasteiger partial charge >= 0.3 is 128 Å². The van der Waals surface area contributed by atoms with Gasteiger partial charge < -0.3 is 0 Å². The molecule has 3 rings (SSSR count). The molecule has 0 aromatic carbocycles. The molecule has 1 aliphatic rings. The molecule has 0 N–H and O–H groups in total. The molecular weight excluding hydrogens is 245 g/mol. The summed E-state index contributed by atoms with van der Waals surface area (Å²) >= 11 is 1.61. The quantitative estimate of drug-likeness (QED) is 0.793. The fourth-order valence-electron chi connectivity index (χ4n) is 3.13. The molecule has 0 aliphatic carbocycles. The van der Waals surface area contributed by atoms with Crippen molar-refractivity contribution in [2.24, 2.45) is 5.92 Å².